The fraction of sp³-hybridized carbons (Fsp3) is 0.333. The van der Waals surface area contributed by atoms with Crippen LogP contribution in [0.3, 0.4) is 0 Å². The molecule has 1 aromatic heterocycles. The summed E-state index contributed by atoms with van der Waals surface area (Å²) >= 11 is 5.39. The molecule has 0 amide bonds. The minimum Gasteiger partial charge on any atom is -0.493 e. The maximum Gasteiger partial charge on any atom is 0.328 e. The van der Waals surface area contributed by atoms with E-state index in [-0.39, 0.29) is 22.2 Å². The molecule has 0 spiro atoms. The van der Waals surface area contributed by atoms with Crippen molar-refractivity contribution in [2.75, 3.05) is 7.11 Å². The molecule has 0 aliphatic rings. The number of methoxy groups -OCH3 is 1. The number of rotatable bonds is 11. The highest BCUT2D eigenvalue weighted by molar-refractivity contribution is 7.80. The van der Waals surface area contributed by atoms with Crippen LogP contribution in [0.5, 0.6) is 17.2 Å². The van der Waals surface area contributed by atoms with Gasteiger partial charge in [0.25, 0.3) is 0 Å². The van der Waals surface area contributed by atoms with Gasteiger partial charge in [-0.3, -0.25) is 4.79 Å². The molecule has 2 aromatic rings. The minimum absolute atomic E-state index is 0.0706. The van der Waals surface area contributed by atoms with Gasteiger partial charge in [0.05, 0.1) is 7.11 Å². The van der Waals surface area contributed by atoms with Gasteiger partial charge in [-0.2, -0.15) is 0 Å². The van der Waals surface area contributed by atoms with Gasteiger partial charge in [0.2, 0.25) is 5.75 Å². The highest BCUT2D eigenvalue weighted by Crippen LogP contribution is 2.30. The van der Waals surface area contributed by atoms with Crippen molar-refractivity contribution in [3.8, 4) is 17.2 Å². The standard InChI is InChI=1S/C24H28N2O6S/c1-6-10-19(32-18-11-8-7-9-12-18)16(3)30-24(28)15(2)26-23(33)21-22(31-17(4)27)20(29-5)13-14-25-21/h6-9,11-16,19H,1,10H2,2-5H3,(H,26,33)/t15-,16-,19+/m0/s1. The molecular weight excluding hydrogens is 444 g/mol. The molecule has 0 fully saturated rings. The number of nitrogens with one attached hydrogen (secondary N) is 1. The predicted molar refractivity (Wildman–Crippen MR) is 128 cm³/mol. The van der Waals surface area contributed by atoms with Gasteiger partial charge in [0.15, 0.2) is 5.75 Å². The number of hydrogen-bond donors (Lipinski definition) is 1. The summed E-state index contributed by atoms with van der Waals surface area (Å²) < 4.78 is 22.0. The molecule has 0 unspecified atom stereocenters. The second kappa shape index (κ2) is 12.5. The van der Waals surface area contributed by atoms with Gasteiger partial charge >= 0.3 is 11.9 Å². The zero-order chi connectivity index (χ0) is 24.4. The van der Waals surface area contributed by atoms with Gasteiger partial charge in [-0.25, -0.2) is 9.78 Å². The molecule has 0 saturated heterocycles. The van der Waals surface area contributed by atoms with Gasteiger partial charge in [0.1, 0.15) is 34.7 Å². The maximum atomic E-state index is 12.7. The van der Waals surface area contributed by atoms with E-state index in [2.05, 4.69) is 16.9 Å². The Morgan fingerprint density at radius 3 is 2.52 bits per heavy atom. The summed E-state index contributed by atoms with van der Waals surface area (Å²) in [4.78, 5) is 28.5. The molecule has 1 N–H and O–H groups in total. The molecule has 176 valence electrons. The Hall–Kier alpha value is -3.46. The molecule has 9 heteroatoms. The first-order chi connectivity index (χ1) is 15.8. The van der Waals surface area contributed by atoms with Gasteiger partial charge in [0, 0.05) is 25.6 Å². The summed E-state index contributed by atoms with van der Waals surface area (Å²) in [5, 5.41) is 2.87. The highest BCUT2D eigenvalue weighted by Gasteiger charge is 2.26. The Morgan fingerprint density at radius 1 is 1.21 bits per heavy atom. The molecule has 33 heavy (non-hydrogen) atoms. The van der Waals surface area contributed by atoms with Crippen LogP contribution in [0, 0.1) is 0 Å². The van der Waals surface area contributed by atoms with Crippen molar-refractivity contribution in [3.63, 3.8) is 0 Å². The quantitative estimate of drug-likeness (QED) is 0.299. The van der Waals surface area contributed by atoms with E-state index in [0.29, 0.717) is 12.2 Å². The van der Waals surface area contributed by atoms with Crippen LogP contribution in [0.1, 0.15) is 32.9 Å². The number of aromatic nitrogens is 1. The van der Waals surface area contributed by atoms with Gasteiger partial charge in [-0.05, 0) is 26.0 Å². The highest BCUT2D eigenvalue weighted by atomic mass is 32.1. The van der Waals surface area contributed by atoms with Crippen LogP contribution in [0.2, 0.25) is 0 Å². The third kappa shape index (κ3) is 7.57. The SMILES string of the molecule is C=CC[C@@H](Oc1ccccc1)[C@H](C)OC(=O)[C@H](C)NC(=S)c1nccc(OC)c1OC(C)=O. The number of esters is 2. The number of pyridine rings is 1. The summed E-state index contributed by atoms with van der Waals surface area (Å²) in [6.45, 7) is 8.36. The lowest BCUT2D eigenvalue weighted by atomic mass is 10.1. The predicted octanol–water partition coefficient (Wildman–Crippen LogP) is 3.62. The van der Waals surface area contributed by atoms with E-state index in [4.69, 9.17) is 31.2 Å². The van der Waals surface area contributed by atoms with E-state index in [1.54, 1.807) is 19.9 Å². The van der Waals surface area contributed by atoms with Crippen LogP contribution in [-0.2, 0) is 14.3 Å². The average molecular weight is 473 g/mol. The number of benzene rings is 1. The Kier molecular flexibility index (Phi) is 9.81. The normalized spacial score (nSPS) is 13.1. The molecule has 2 rings (SSSR count). The van der Waals surface area contributed by atoms with Crippen molar-refractivity contribution in [1.29, 1.82) is 0 Å². The first-order valence-electron chi connectivity index (χ1n) is 10.3. The third-order valence-corrected chi connectivity index (χ3v) is 4.82. The van der Waals surface area contributed by atoms with Crippen molar-refractivity contribution >= 4 is 29.1 Å². The molecule has 0 saturated carbocycles. The largest absolute Gasteiger partial charge is 0.493 e. The van der Waals surface area contributed by atoms with Crippen LogP contribution in [0.25, 0.3) is 0 Å². The lowest BCUT2D eigenvalue weighted by Crippen LogP contribution is -2.43. The Bertz CT molecular complexity index is 982. The first kappa shape index (κ1) is 25.8. The van der Waals surface area contributed by atoms with Gasteiger partial charge < -0.3 is 24.3 Å². The zero-order valence-electron chi connectivity index (χ0n) is 19.1. The van der Waals surface area contributed by atoms with E-state index in [0.717, 1.165) is 0 Å². The van der Waals surface area contributed by atoms with E-state index in [9.17, 15) is 9.59 Å². The minimum atomic E-state index is -0.806. The van der Waals surface area contributed by atoms with Crippen LogP contribution < -0.4 is 19.5 Å². The Morgan fingerprint density at radius 2 is 1.91 bits per heavy atom. The second-order valence-electron chi connectivity index (χ2n) is 7.12. The number of ether oxygens (including phenoxy) is 4. The van der Waals surface area contributed by atoms with E-state index < -0.39 is 30.2 Å². The summed E-state index contributed by atoms with van der Waals surface area (Å²) in [6, 6.07) is 10.0. The van der Waals surface area contributed by atoms with Crippen LogP contribution in [0.15, 0.2) is 55.3 Å². The molecule has 1 aromatic carbocycles. The Labute approximate surface area is 198 Å². The van der Waals surface area contributed by atoms with Gasteiger partial charge in [-0.15, -0.1) is 6.58 Å². The number of carbonyl (C=O) groups excluding carboxylic acids is 2. The number of thiocarbonyl (C=S) groups is 1. The fourth-order valence-corrected chi connectivity index (χ4v) is 3.18. The molecule has 8 nitrogen and oxygen atoms in total. The van der Waals surface area contributed by atoms with E-state index >= 15 is 0 Å². The number of hydrogen-bond acceptors (Lipinski definition) is 8. The Balaban J connectivity index is 2.06. The zero-order valence-corrected chi connectivity index (χ0v) is 19.9. The summed E-state index contributed by atoms with van der Waals surface area (Å²) in [5.74, 6) is -0.0673. The summed E-state index contributed by atoms with van der Waals surface area (Å²) in [5.41, 5.74) is 0.171. The fourth-order valence-electron chi connectivity index (χ4n) is 2.85. The van der Waals surface area contributed by atoms with E-state index in [1.165, 1.54) is 26.3 Å². The second-order valence-corrected chi connectivity index (χ2v) is 7.52. The first-order valence-corrected chi connectivity index (χ1v) is 10.7. The summed E-state index contributed by atoms with van der Waals surface area (Å²) in [7, 11) is 1.43. The lowest BCUT2D eigenvalue weighted by molar-refractivity contribution is -0.154. The van der Waals surface area contributed by atoms with Crippen LogP contribution in [-0.4, -0.2) is 47.3 Å². The average Bonchev–Trinajstić information content (AvgIpc) is 2.79. The third-order valence-electron chi connectivity index (χ3n) is 4.51. The van der Waals surface area contributed by atoms with Crippen molar-refractivity contribution in [2.45, 2.75) is 45.4 Å². The maximum absolute atomic E-state index is 12.7. The monoisotopic (exact) mass is 472 g/mol. The number of nitrogens with zero attached hydrogens (tertiary/aromatic N) is 1. The molecule has 3 atom stereocenters. The molecular formula is C24H28N2O6S. The number of para-hydroxylation sites is 1. The molecule has 0 aliphatic carbocycles. The van der Waals surface area contributed by atoms with Crippen LogP contribution >= 0.6 is 12.2 Å². The van der Waals surface area contributed by atoms with Crippen LogP contribution in [0.4, 0.5) is 0 Å². The van der Waals surface area contributed by atoms with Crippen molar-refractivity contribution in [2.24, 2.45) is 0 Å². The van der Waals surface area contributed by atoms with Gasteiger partial charge in [-0.1, -0.05) is 36.5 Å². The smallest absolute Gasteiger partial charge is 0.328 e. The summed E-state index contributed by atoms with van der Waals surface area (Å²) in [6.07, 6.45) is 2.69. The lowest BCUT2D eigenvalue weighted by Gasteiger charge is -2.26. The molecule has 0 radical (unpaired) electrons. The van der Waals surface area contributed by atoms with Crippen molar-refractivity contribution in [3.05, 3.63) is 60.9 Å². The van der Waals surface area contributed by atoms with Crippen molar-refractivity contribution in [1.82, 2.24) is 10.3 Å². The number of carbonyl (C=O) groups is 2. The van der Waals surface area contributed by atoms with Crippen molar-refractivity contribution < 1.29 is 28.5 Å². The van der Waals surface area contributed by atoms with E-state index in [1.807, 2.05) is 30.3 Å². The molecule has 0 bridgehead atoms. The topological polar surface area (TPSA) is 96.0 Å². The molecule has 1 heterocycles. The molecule has 0 aliphatic heterocycles.